The molecule has 0 radical (unpaired) electrons. The molecule has 2 N–H and O–H groups in total. The topological polar surface area (TPSA) is 250 Å². The van der Waals surface area contributed by atoms with Crippen molar-refractivity contribution in [3.05, 3.63) is 29.3 Å². The van der Waals surface area contributed by atoms with Crippen molar-refractivity contribution in [2.75, 3.05) is 171 Å². The Hall–Kier alpha value is -4.04. The Balaban J connectivity index is 0.968. The van der Waals surface area contributed by atoms with Crippen LogP contribution < -0.4 is 10.6 Å². The fourth-order valence-corrected chi connectivity index (χ4v) is 6.13. The smallest absolute Gasteiger partial charge is 0.331 e. The number of nitrogens with one attached hydrogen (secondary N) is 2. The highest BCUT2D eigenvalue weighted by Gasteiger charge is 2.45. The number of carbonyl (C=O) groups excluding carboxylic acids is 6. The Bertz CT molecular complexity index is 1550. The van der Waals surface area contributed by atoms with Gasteiger partial charge in [-0.1, -0.05) is 12.5 Å². The van der Waals surface area contributed by atoms with E-state index in [1.807, 2.05) is 0 Å². The number of unbranched alkanes of at least 4 members (excludes halogenated alkanes) is 2. The molecule has 0 aliphatic carbocycles. The summed E-state index contributed by atoms with van der Waals surface area (Å²) in [5.74, 6) is -3.16. The number of benzene rings is 1. The first kappa shape index (κ1) is 56.3. The van der Waals surface area contributed by atoms with Crippen LogP contribution in [-0.4, -0.2) is 212 Å². The van der Waals surface area contributed by atoms with Gasteiger partial charge in [-0.2, -0.15) is 0 Å². The predicted octanol–water partition coefficient (Wildman–Crippen LogP) is 0.959. The number of fused-ring (bicyclic) bond motifs is 1. The molecule has 1 fully saturated rings. The van der Waals surface area contributed by atoms with Crippen LogP contribution in [0.4, 0.5) is 5.69 Å². The average Bonchev–Trinajstić information content (AvgIpc) is 3.56. The summed E-state index contributed by atoms with van der Waals surface area (Å²) in [4.78, 5) is 74.5. The number of imide groups is 2. The van der Waals surface area contributed by atoms with Crippen LogP contribution in [-0.2, 0) is 80.8 Å². The third-order valence-corrected chi connectivity index (χ3v) is 9.47. The zero-order valence-corrected chi connectivity index (χ0v) is 38.2. The maximum absolute atomic E-state index is 13.2. The molecule has 2 heterocycles. The van der Waals surface area contributed by atoms with Gasteiger partial charge < -0.3 is 66.9 Å². The van der Waals surface area contributed by atoms with E-state index in [9.17, 15) is 28.8 Å². The van der Waals surface area contributed by atoms with Gasteiger partial charge in [-0.15, -0.1) is 0 Å². The summed E-state index contributed by atoms with van der Waals surface area (Å²) in [5.41, 5.74) is 0.369. The van der Waals surface area contributed by atoms with Crippen LogP contribution in [0.25, 0.3) is 0 Å². The van der Waals surface area contributed by atoms with E-state index < -0.39 is 35.6 Å². The molecule has 22 heteroatoms. The first-order valence-electron chi connectivity index (χ1n) is 22.5. The molecular formula is C44H69N3O19. The summed E-state index contributed by atoms with van der Waals surface area (Å²) in [6.45, 7) is 10.2. The highest BCUT2D eigenvalue weighted by molar-refractivity contribution is 6.26. The summed E-state index contributed by atoms with van der Waals surface area (Å²) in [7, 11) is 1.31. The molecule has 0 bridgehead atoms. The fourth-order valence-electron chi connectivity index (χ4n) is 6.13. The van der Waals surface area contributed by atoms with Crippen LogP contribution in [0.5, 0.6) is 0 Å². The standard InChI is InChI=1S/C44H69N3O19/c1-54-40(50)34-66-33-32-65-31-30-64-29-28-63-27-26-62-25-24-61-23-22-60-21-20-59-19-18-58-17-16-57-15-14-56-13-12-55-11-4-2-3-8-38(48)45-36-7-5-6-35-41(36)44(53)47(43(35)52)37-9-10-39(49)46-42(37)51/h5-7,37H,2-4,8-34H2,1H3,(H,45,48)(H,46,49,51). The number of hydrogen-bond donors (Lipinski definition) is 2. The molecule has 1 aromatic carbocycles. The van der Waals surface area contributed by atoms with Gasteiger partial charge in [0.25, 0.3) is 11.8 Å². The molecule has 1 unspecified atom stereocenters. The first-order valence-corrected chi connectivity index (χ1v) is 22.5. The Morgan fingerprint density at radius 1 is 0.561 bits per heavy atom. The molecule has 3 rings (SSSR count). The van der Waals surface area contributed by atoms with Crippen LogP contribution in [0, 0.1) is 0 Å². The lowest BCUT2D eigenvalue weighted by molar-refractivity contribution is -0.146. The van der Waals surface area contributed by atoms with E-state index in [1.165, 1.54) is 13.2 Å². The number of rotatable bonds is 43. The third-order valence-electron chi connectivity index (χ3n) is 9.47. The molecular weight excluding hydrogens is 874 g/mol. The second-order valence-electron chi connectivity index (χ2n) is 14.4. The van der Waals surface area contributed by atoms with Gasteiger partial charge in [0.15, 0.2) is 0 Å². The molecule has 0 aromatic heterocycles. The lowest BCUT2D eigenvalue weighted by atomic mass is 10.0. The minimum Gasteiger partial charge on any atom is -0.467 e. The summed E-state index contributed by atoms with van der Waals surface area (Å²) in [6, 6.07) is 3.52. The van der Waals surface area contributed by atoms with Crippen LogP contribution in [0.3, 0.4) is 0 Å². The second-order valence-corrected chi connectivity index (χ2v) is 14.4. The largest absolute Gasteiger partial charge is 0.467 e. The maximum Gasteiger partial charge on any atom is 0.331 e. The van der Waals surface area contributed by atoms with Crippen molar-refractivity contribution in [1.29, 1.82) is 0 Å². The van der Waals surface area contributed by atoms with Crippen molar-refractivity contribution < 1.29 is 90.3 Å². The van der Waals surface area contributed by atoms with Gasteiger partial charge in [0.2, 0.25) is 17.7 Å². The summed E-state index contributed by atoms with van der Waals surface area (Å²) < 4.78 is 69.8. The fraction of sp³-hybridized carbons (Fsp3) is 0.727. The highest BCUT2D eigenvalue weighted by Crippen LogP contribution is 2.32. The van der Waals surface area contributed by atoms with E-state index in [0.717, 1.165) is 17.7 Å². The van der Waals surface area contributed by atoms with E-state index in [4.69, 9.17) is 56.8 Å². The molecule has 5 amide bonds. The zero-order valence-electron chi connectivity index (χ0n) is 38.2. The van der Waals surface area contributed by atoms with Crippen LogP contribution >= 0.6 is 0 Å². The zero-order chi connectivity index (χ0) is 47.3. The Morgan fingerprint density at radius 2 is 0.985 bits per heavy atom. The second kappa shape index (κ2) is 37.0. The maximum atomic E-state index is 13.2. The van der Waals surface area contributed by atoms with Gasteiger partial charge in [-0.3, -0.25) is 34.2 Å². The Kier molecular flexibility index (Phi) is 31.6. The van der Waals surface area contributed by atoms with Crippen molar-refractivity contribution in [2.45, 2.75) is 44.6 Å². The highest BCUT2D eigenvalue weighted by atomic mass is 16.6. The number of nitrogens with zero attached hydrogens (tertiary/aromatic N) is 1. The van der Waals surface area contributed by atoms with Crippen LogP contribution in [0.1, 0.15) is 59.2 Å². The first-order chi connectivity index (χ1) is 32.3. The number of carbonyl (C=O) groups is 6. The molecule has 1 saturated heterocycles. The quantitative estimate of drug-likeness (QED) is 0.0526. The van der Waals surface area contributed by atoms with Crippen molar-refractivity contribution in [3.63, 3.8) is 0 Å². The molecule has 0 spiro atoms. The van der Waals surface area contributed by atoms with Gasteiger partial charge >= 0.3 is 5.97 Å². The van der Waals surface area contributed by atoms with Crippen molar-refractivity contribution in [2.24, 2.45) is 0 Å². The van der Waals surface area contributed by atoms with E-state index in [0.29, 0.717) is 158 Å². The van der Waals surface area contributed by atoms with E-state index >= 15 is 0 Å². The molecule has 66 heavy (non-hydrogen) atoms. The molecule has 2 aliphatic rings. The number of methoxy groups -OCH3 is 1. The van der Waals surface area contributed by atoms with Gasteiger partial charge in [-0.25, -0.2) is 4.79 Å². The van der Waals surface area contributed by atoms with Gasteiger partial charge in [0.1, 0.15) is 12.6 Å². The van der Waals surface area contributed by atoms with Crippen LogP contribution in [0.15, 0.2) is 18.2 Å². The lowest BCUT2D eigenvalue weighted by Crippen LogP contribution is -2.54. The van der Waals surface area contributed by atoms with Crippen LogP contribution in [0.2, 0.25) is 0 Å². The predicted molar refractivity (Wildman–Crippen MR) is 232 cm³/mol. The van der Waals surface area contributed by atoms with Crippen molar-refractivity contribution in [1.82, 2.24) is 10.2 Å². The normalized spacial score (nSPS) is 14.8. The minimum absolute atomic E-state index is 0.0240. The Labute approximate surface area is 386 Å². The molecule has 22 nitrogen and oxygen atoms in total. The number of ether oxygens (including phenoxy) is 13. The number of piperidine rings is 1. The molecule has 374 valence electrons. The monoisotopic (exact) mass is 943 g/mol. The summed E-state index contributed by atoms with van der Waals surface area (Å²) in [6.07, 6.45) is 2.42. The van der Waals surface area contributed by atoms with Gasteiger partial charge in [-0.05, 0) is 31.4 Å². The average molecular weight is 944 g/mol. The third kappa shape index (κ3) is 24.6. The molecule has 0 saturated carbocycles. The van der Waals surface area contributed by atoms with E-state index in [2.05, 4.69) is 15.4 Å². The number of esters is 1. The number of anilines is 1. The minimum atomic E-state index is -1.08. The van der Waals surface area contributed by atoms with E-state index in [-0.39, 0.29) is 48.6 Å². The molecule has 1 atom stereocenters. The molecule has 2 aliphatic heterocycles. The summed E-state index contributed by atoms with van der Waals surface area (Å²) in [5, 5.41) is 4.90. The molecule has 1 aromatic rings. The van der Waals surface area contributed by atoms with Crippen molar-refractivity contribution >= 4 is 41.2 Å². The lowest BCUT2D eigenvalue weighted by Gasteiger charge is -2.27. The summed E-state index contributed by atoms with van der Waals surface area (Å²) >= 11 is 0. The van der Waals surface area contributed by atoms with Gasteiger partial charge in [0, 0.05) is 19.4 Å². The SMILES string of the molecule is COC(=O)COCCOCCOCCOCCOCCOCCOCCOCCOCCOCCOCCOCCCCCC(=O)Nc1cccc2c1C(=O)N(C1CCC(=O)NC1=O)C2=O. The van der Waals surface area contributed by atoms with E-state index in [1.54, 1.807) is 12.1 Å². The number of amides is 5. The number of hydrogen-bond acceptors (Lipinski definition) is 19. The van der Waals surface area contributed by atoms with Crippen molar-refractivity contribution in [3.8, 4) is 0 Å². The Morgan fingerprint density at radius 3 is 1.41 bits per heavy atom. The van der Waals surface area contributed by atoms with Gasteiger partial charge in [0.05, 0.1) is 169 Å².